The monoisotopic (exact) mass is 393 g/mol. The number of hydrogen-bond acceptors (Lipinski definition) is 6. The van der Waals surface area contributed by atoms with Crippen molar-refractivity contribution in [2.75, 3.05) is 24.9 Å². The van der Waals surface area contributed by atoms with Gasteiger partial charge >= 0.3 is 0 Å². The van der Waals surface area contributed by atoms with E-state index in [1.165, 1.54) is 6.33 Å². The number of aromatic nitrogens is 3. The van der Waals surface area contributed by atoms with E-state index < -0.39 is 12.0 Å². The Labute approximate surface area is 168 Å². The molecule has 0 radical (unpaired) electrons. The van der Waals surface area contributed by atoms with Gasteiger partial charge in [-0.15, -0.1) is 0 Å². The highest BCUT2D eigenvalue weighted by Gasteiger charge is 2.42. The Morgan fingerprint density at radius 2 is 1.93 bits per heavy atom. The van der Waals surface area contributed by atoms with Crippen LogP contribution in [0.1, 0.15) is 18.5 Å². The van der Waals surface area contributed by atoms with Crippen LogP contribution in [-0.4, -0.2) is 40.9 Å². The second kappa shape index (κ2) is 7.83. The fraction of sp³-hybridized carbons (Fsp3) is 0.286. The maximum Gasteiger partial charge on any atom is 0.232 e. The summed E-state index contributed by atoms with van der Waals surface area (Å²) in [5, 5.41) is 10.7. The molecule has 0 bridgehead atoms. The summed E-state index contributed by atoms with van der Waals surface area (Å²) >= 11 is 0. The number of methoxy groups -OCH3 is 2. The minimum atomic E-state index is -0.467. The second-order valence-corrected chi connectivity index (χ2v) is 6.90. The fourth-order valence-electron chi connectivity index (χ4n) is 3.79. The van der Waals surface area contributed by atoms with E-state index in [2.05, 4.69) is 20.7 Å². The number of carbonyl (C=O) groups excluding carboxylic acids is 1. The third-order valence-electron chi connectivity index (χ3n) is 5.17. The van der Waals surface area contributed by atoms with E-state index in [4.69, 9.17) is 9.47 Å². The van der Waals surface area contributed by atoms with Crippen LogP contribution in [0.15, 0.2) is 54.9 Å². The van der Waals surface area contributed by atoms with Gasteiger partial charge in [0.15, 0.2) is 0 Å². The van der Waals surface area contributed by atoms with Crippen LogP contribution in [0.2, 0.25) is 0 Å². The predicted octanol–water partition coefficient (Wildman–Crippen LogP) is 2.95. The van der Waals surface area contributed by atoms with Gasteiger partial charge in [-0.25, -0.2) is 4.68 Å². The van der Waals surface area contributed by atoms with Gasteiger partial charge in [0.1, 0.15) is 17.8 Å². The molecule has 3 atom stereocenters. The number of benzene rings is 2. The van der Waals surface area contributed by atoms with E-state index in [0.717, 1.165) is 11.3 Å². The Bertz CT molecular complexity index is 1000. The highest BCUT2D eigenvalue weighted by Crippen LogP contribution is 2.41. The zero-order chi connectivity index (χ0) is 20.4. The quantitative estimate of drug-likeness (QED) is 0.693. The molecule has 2 N–H and O–H groups in total. The van der Waals surface area contributed by atoms with Crippen LogP contribution in [0.5, 0.6) is 11.5 Å². The summed E-state index contributed by atoms with van der Waals surface area (Å²) in [6.07, 6.45) is 1.48. The lowest BCUT2D eigenvalue weighted by atomic mass is 9.85. The lowest BCUT2D eigenvalue weighted by Crippen LogP contribution is -2.46. The molecule has 0 saturated heterocycles. The minimum Gasteiger partial charge on any atom is -0.497 e. The molecule has 0 unspecified atom stereocenters. The van der Waals surface area contributed by atoms with Crippen molar-refractivity contribution < 1.29 is 14.3 Å². The molecule has 29 heavy (non-hydrogen) atoms. The molecule has 1 aliphatic heterocycles. The van der Waals surface area contributed by atoms with Gasteiger partial charge in [-0.2, -0.15) is 10.1 Å². The first-order chi connectivity index (χ1) is 14.1. The van der Waals surface area contributed by atoms with Crippen molar-refractivity contribution in [3.05, 3.63) is 60.4 Å². The number of nitrogens with zero attached hydrogens (tertiary/aromatic N) is 3. The summed E-state index contributed by atoms with van der Waals surface area (Å²) in [7, 11) is 3.22. The van der Waals surface area contributed by atoms with Crippen LogP contribution in [0, 0.1) is 5.92 Å². The van der Waals surface area contributed by atoms with Crippen molar-refractivity contribution in [1.82, 2.24) is 14.8 Å². The first-order valence-electron chi connectivity index (χ1n) is 9.36. The van der Waals surface area contributed by atoms with E-state index in [1.54, 1.807) is 18.9 Å². The lowest BCUT2D eigenvalue weighted by molar-refractivity contribution is -0.121. The van der Waals surface area contributed by atoms with Gasteiger partial charge in [0.25, 0.3) is 0 Å². The van der Waals surface area contributed by atoms with Gasteiger partial charge in [0.05, 0.1) is 26.2 Å². The van der Waals surface area contributed by atoms with Crippen molar-refractivity contribution in [1.29, 1.82) is 0 Å². The van der Waals surface area contributed by atoms with Crippen molar-refractivity contribution in [3.63, 3.8) is 0 Å². The zero-order valence-electron chi connectivity index (χ0n) is 16.5. The van der Waals surface area contributed by atoms with Crippen LogP contribution < -0.4 is 20.1 Å². The molecule has 2 heterocycles. The average Bonchev–Trinajstić information content (AvgIpc) is 3.20. The number of nitrogens with one attached hydrogen (secondary N) is 2. The second-order valence-electron chi connectivity index (χ2n) is 6.90. The molecule has 8 nitrogen and oxygen atoms in total. The first-order valence-corrected chi connectivity index (χ1v) is 9.36. The van der Waals surface area contributed by atoms with Crippen molar-refractivity contribution in [2.24, 2.45) is 5.92 Å². The Hall–Kier alpha value is -3.55. The Kier molecular flexibility index (Phi) is 5.07. The molecule has 1 aromatic heterocycles. The molecule has 0 aliphatic carbocycles. The third-order valence-corrected chi connectivity index (χ3v) is 5.17. The van der Waals surface area contributed by atoms with Crippen LogP contribution in [0.4, 0.5) is 11.6 Å². The smallest absolute Gasteiger partial charge is 0.232 e. The SMILES string of the molecule is COc1ccc(OC)c([C@@H]2[C@@H](C(=O)Nc3ccccc3)[C@H](C)Nc3ncnn32)c1. The first kappa shape index (κ1) is 18.8. The van der Waals surface area contributed by atoms with Gasteiger partial charge in [-0.1, -0.05) is 18.2 Å². The normalized spacial score (nSPS) is 20.3. The zero-order valence-corrected chi connectivity index (χ0v) is 16.5. The van der Waals surface area contributed by atoms with Gasteiger partial charge in [-0.05, 0) is 37.3 Å². The summed E-state index contributed by atoms with van der Waals surface area (Å²) in [6.45, 7) is 1.97. The van der Waals surface area contributed by atoms with E-state index in [0.29, 0.717) is 17.4 Å². The molecule has 0 saturated carbocycles. The lowest BCUT2D eigenvalue weighted by Gasteiger charge is -2.37. The number of anilines is 2. The number of hydrogen-bond donors (Lipinski definition) is 2. The highest BCUT2D eigenvalue weighted by molar-refractivity contribution is 5.94. The number of fused-ring (bicyclic) bond motifs is 1. The Balaban J connectivity index is 1.80. The molecule has 150 valence electrons. The van der Waals surface area contributed by atoms with E-state index >= 15 is 0 Å². The van der Waals surface area contributed by atoms with Crippen LogP contribution >= 0.6 is 0 Å². The summed E-state index contributed by atoms with van der Waals surface area (Å²) < 4.78 is 12.7. The number of ether oxygens (including phenoxy) is 2. The predicted molar refractivity (Wildman–Crippen MR) is 109 cm³/mol. The summed E-state index contributed by atoms with van der Waals surface area (Å²) in [5.41, 5.74) is 1.55. The summed E-state index contributed by atoms with van der Waals surface area (Å²) in [5.74, 6) is 1.36. The number of amides is 1. The fourth-order valence-corrected chi connectivity index (χ4v) is 3.79. The molecule has 0 fully saturated rings. The maximum absolute atomic E-state index is 13.4. The van der Waals surface area contributed by atoms with Crippen molar-refractivity contribution in [2.45, 2.75) is 19.0 Å². The minimum absolute atomic E-state index is 0.118. The standard InChI is InChI=1S/C21H23N5O3/c1-13-18(20(27)25-14-7-5-4-6-8-14)19(26-21(24-13)22-12-23-26)16-11-15(28-2)9-10-17(16)29-3/h4-13,18-19H,1-3H3,(H,25,27)(H,22,23,24)/t13-,18-,19+/m0/s1. The summed E-state index contributed by atoms with van der Waals surface area (Å²) in [6, 6.07) is 14.3. The molecule has 0 spiro atoms. The van der Waals surface area contributed by atoms with Gasteiger partial charge in [0.2, 0.25) is 11.9 Å². The average molecular weight is 393 g/mol. The van der Waals surface area contributed by atoms with Crippen LogP contribution in [0.25, 0.3) is 0 Å². The Morgan fingerprint density at radius 1 is 1.14 bits per heavy atom. The van der Waals surface area contributed by atoms with E-state index in [1.807, 2.05) is 55.5 Å². The number of para-hydroxylation sites is 1. The van der Waals surface area contributed by atoms with Crippen molar-refractivity contribution >= 4 is 17.5 Å². The molecular weight excluding hydrogens is 370 g/mol. The molecule has 1 aliphatic rings. The van der Waals surface area contributed by atoms with Gasteiger partial charge in [-0.3, -0.25) is 4.79 Å². The topological polar surface area (TPSA) is 90.3 Å². The number of rotatable bonds is 5. The molecule has 4 rings (SSSR count). The maximum atomic E-state index is 13.4. The Morgan fingerprint density at radius 3 is 2.66 bits per heavy atom. The van der Waals surface area contributed by atoms with Gasteiger partial charge in [0, 0.05) is 17.3 Å². The van der Waals surface area contributed by atoms with E-state index in [9.17, 15) is 4.79 Å². The largest absolute Gasteiger partial charge is 0.497 e. The molecule has 2 aromatic carbocycles. The highest BCUT2D eigenvalue weighted by atomic mass is 16.5. The van der Waals surface area contributed by atoms with Crippen LogP contribution in [-0.2, 0) is 4.79 Å². The molecule has 3 aromatic rings. The summed E-state index contributed by atoms with van der Waals surface area (Å²) in [4.78, 5) is 17.7. The molecule has 8 heteroatoms. The van der Waals surface area contributed by atoms with Gasteiger partial charge < -0.3 is 20.1 Å². The number of carbonyl (C=O) groups is 1. The van der Waals surface area contributed by atoms with Crippen LogP contribution in [0.3, 0.4) is 0 Å². The van der Waals surface area contributed by atoms with E-state index in [-0.39, 0.29) is 11.9 Å². The third kappa shape index (κ3) is 3.49. The molecule has 1 amide bonds. The van der Waals surface area contributed by atoms with Crippen molar-refractivity contribution in [3.8, 4) is 11.5 Å². The molecular formula is C21H23N5O3.